The third-order valence-corrected chi connectivity index (χ3v) is 4.31. The van der Waals surface area contributed by atoms with E-state index in [9.17, 15) is 4.79 Å². The van der Waals surface area contributed by atoms with E-state index in [1.807, 2.05) is 24.3 Å². The fraction of sp³-hybridized carbons (Fsp3) is 0.474. The number of hydrogen-bond acceptors (Lipinski definition) is 4. The van der Waals surface area contributed by atoms with Crippen LogP contribution in [0, 0.1) is 0 Å². The first-order valence-corrected chi connectivity index (χ1v) is 8.94. The maximum Gasteiger partial charge on any atom is 0.255 e. The van der Waals surface area contributed by atoms with Gasteiger partial charge in [-0.2, -0.15) is 5.10 Å². The maximum atomic E-state index is 12.4. The second-order valence-corrected chi connectivity index (χ2v) is 6.23. The maximum absolute atomic E-state index is 12.4. The molecule has 1 aliphatic heterocycles. The van der Waals surface area contributed by atoms with Gasteiger partial charge >= 0.3 is 0 Å². The highest BCUT2D eigenvalue weighted by Crippen LogP contribution is 2.24. The molecule has 1 aromatic heterocycles. The van der Waals surface area contributed by atoms with E-state index in [1.165, 1.54) is 0 Å². The lowest BCUT2D eigenvalue weighted by atomic mass is 10.1. The van der Waals surface area contributed by atoms with E-state index >= 15 is 0 Å². The topological polar surface area (TPSA) is 76.2 Å². The zero-order chi connectivity index (χ0) is 17.5. The van der Waals surface area contributed by atoms with E-state index in [2.05, 4.69) is 22.4 Å². The van der Waals surface area contributed by atoms with Crippen molar-refractivity contribution in [3.8, 4) is 17.0 Å². The van der Waals surface area contributed by atoms with Gasteiger partial charge in [-0.05, 0) is 43.5 Å². The Bertz CT molecular complexity index is 675. The van der Waals surface area contributed by atoms with Crippen molar-refractivity contribution in [2.24, 2.45) is 0 Å². The molecule has 1 aliphatic rings. The number of nitrogens with zero attached hydrogens (tertiary/aromatic N) is 1. The average molecular weight is 343 g/mol. The number of H-pyrrole nitrogens is 1. The summed E-state index contributed by atoms with van der Waals surface area (Å²) in [6, 6.07) is 7.71. The van der Waals surface area contributed by atoms with Crippen LogP contribution in [0.1, 0.15) is 43.0 Å². The minimum absolute atomic E-state index is 0.124. The summed E-state index contributed by atoms with van der Waals surface area (Å²) >= 11 is 0. The van der Waals surface area contributed by atoms with Crippen molar-refractivity contribution in [1.82, 2.24) is 15.5 Å². The molecule has 1 aromatic carbocycles. The summed E-state index contributed by atoms with van der Waals surface area (Å²) < 4.78 is 11.2. The van der Waals surface area contributed by atoms with Crippen LogP contribution in [-0.2, 0) is 4.74 Å². The van der Waals surface area contributed by atoms with Crippen LogP contribution in [0.2, 0.25) is 0 Å². The molecule has 134 valence electrons. The molecular weight excluding hydrogens is 318 g/mol. The van der Waals surface area contributed by atoms with Crippen LogP contribution in [-0.4, -0.2) is 42.0 Å². The zero-order valence-electron chi connectivity index (χ0n) is 14.6. The Morgan fingerprint density at radius 1 is 1.40 bits per heavy atom. The van der Waals surface area contributed by atoms with Crippen LogP contribution >= 0.6 is 0 Å². The number of hydrogen-bond donors (Lipinski definition) is 2. The lowest BCUT2D eigenvalue weighted by Gasteiger charge is -2.11. The number of ether oxygens (including phenoxy) is 2. The SMILES string of the molecule is CCCCOc1ccc(-c2[nH]ncc2C(=O)NC[C@H]2CCCO2)cc1. The minimum Gasteiger partial charge on any atom is -0.494 e. The summed E-state index contributed by atoms with van der Waals surface area (Å²) in [7, 11) is 0. The van der Waals surface area contributed by atoms with Gasteiger partial charge in [0.05, 0.1) is 30.2 Å². The second-order valence-electron chi connectivity index (χ2n) is 6.23. The quantitative estimate of drug-likeness (QED) is 0.722. The summed E-state index contributed by atoms with van der Waals surface area (Å²) in [6.07, 6.45) is 5.89. The van der Waals surface area contributed by atoms with Crippen molar-refractivity contribution < 1.29 is 14.3 Å². The number of nitrogens with one attached hydrogen (secondary N) is 2. The van der Waals surface area contributed by atoms with Gasteiger partial charge in [0.15, 0.2) is 0 Å². The minimum atomic E-state index is -0.137. The number of carbonyl (C=O) groups excluding carboxylic acids is 1. The summed E-state index contributed by atoms with van der Waals surface area (Å²) in [5.41, 5.74) is 2.16. The lowest BCUT2D eigenvalue weighted by molar-refractivity contribution is 0.0858. The van der Waals surface area contributed by atoms with E-state index in [1.54, 1.807) is 6.20 Å². The van der Waals surface area contributed by atoms with Gasteiger partial charge in [0.2, 0.25) is 0 Å². The molecule has 25 heavy (non-hydrogen) atoms. The third-order valence-electron chi connectivity index (χ3n) is 4.31. The third kappa shape index (κ3) is 4.60. The van der Waals surface area contributed by atoms with Crippen LogP contribution in [0.3, 0.4) is 0 Å². The van der Waals surface area contributed by atoms with Crippen molar-refractivity contribution in [2.75, 3.05) is 19.8 Å². The van der Waals surface area contributed by atoms with Crippen molar-refractivity contribution in [3.63, 3.8) is 0 Å². The van der Waals surface area contributed by atoms with Gasteiger partial charge < -0.3 is 14.8 Å². The summed E-state index contributed by atoms with van der Waals surface area (Å²) in [5.74, 6) is 0.698. The molecule has 6 nitrogen and oxygen atoms in total. The second kappa shape index (κ2) is 8.67. The van der Waals surface area contributed by atoms with Crippen molar-refractivity contribution in [2.45, 2.75) is 38.7 Å². The molecular formula is C19H25N3O3. The van der Waals surface area contributed by atoms with Crippen molar-refractivity contribution >= 4 is 5.91 Å². The monoisotopic (exact) mass is 343 g/mol. The van der Waals surface area contributed by atoms with Gasteiger partial charge in [-0.1, -0.05) is 13.3 Å². The Balaban J connectivity index is 1.62. The zero-order valence-corrected chi connectivity index (χ0v) is 14.6. The molecule has 2 heterocycles. The molecule has 0 saturated carbocycles. The van der Waals surface area contributed by atoms with Crippen molar-refractivity contribution in [3.05, 3.63) is 36.0 Å². The average Bonchev–Trinajstić information content (AvgIpc) is 3.32. The first-order valence-electron chi connectivity index (χ1n) is 8.94. The number of aromatic amines is 1. The molecule has 2 aromatic rings. The van der Waals surface area contributed by atoms with Crippen molar-refractivity contribution in [1.29, 1.82) is 0 Å². The normalized spacial score (nSPS) is 16.8. The lowest BCUT2D eigenvalue weighted by Crippen LogP contribution is -2.31. The Hall–Kier alpha value is -2.34. The summed E-state index contributed by atoms with van der Waals surface area (Å²) in [4.78, 5) is 12.4. The van der Waals surface area contributed by atoms with Gasteiger partial charge in [-0.3, -0.25) is 9.89 Å². The van der Waals surface area contributed by atoms with Crippen LogP contribution < -0.4 is 10.1 Å². The molecule has 2 N–H and O–H groups in total. The van der Waals surface area contributed by atoms with Gasteiger partial charge in [0.25, 0.3) is 5.91 Å². The van der Waals surface area contributed by atoms with Crippen LogP contribution in [0.15, 0.2) is 30.5 Å². The van der Waals surface area contributed by atoms with Gasteiger partial charge in [0, 0.05) is 18.7 Å². The van der Waals surface area contributed by atoms with Gasteiger partial charge in [0.1, 0.15) is 5.75 Å². The first kappa shape index (κ1) is 17.5. The predicted molar refractivity (Wildman–Crippen MR) is 95.7 cm³/mol. The number of benzene rings is 1. The van der Waals surface area contributed by atoms with Crippen LogP contribution in [0.5, 0.6) is 5.75 Å². The summed E-state index contributed by atoms with van der Waals surface area (Å²) in [6.45, 7) is 4.17. The smallest absolute Gasteiger partial charge is 0.255 e. The van der Waals surface area contributed by atoms with Gasteiger partial charge in [-0.15, -0.1) is 0 Å². The molecule has 1 amide bonds. The number of rotatable bonds is 8. The van der Waals surface area contributed by atoms with E-state index in [0.717, 1.165) is 50.2 Å². The molecule has 0 bridgehead atoms. The molecule has 3 rings (SSSR count). The summed E-state index contributed by atoms with van der Waals surface area (Å²) in [5, 5.41) is 9.89. The molecule has 1 saturated heterocycles. The molecule has 0 spiro atoms. The fourth-order valence-electron chi connectivity index (χ4n) is 2.84. The fourth-order valence-corrected chi connectivity index (χ4v) is 2.84. The molecule has 1 fully saturated rings. The Morgan fingerprint density at radius 3 is 2.96 bits per heavy atom. The van der Waals surface area contributed by atoms with E-state index < -0.39 is 0 Å². The predicted octanol–water partition coefficient (Wildman–Crippen LogP) is 3.16. The molecule has 0 radical (unpaired) electrons. The molecule has 0 unspecified atom stereocenters. The highest BCUT2D eigenvalue weighted by Gasteiger charge is 2.19. The van der Waals surface area contributed by atoms with E-state index in [-0.39, 0.29) is 12.0 Å². The molecule has 0 aliphatic carbocycles. The Morgan fingerprint density at radius 2 is 2.24 bits per heavy atom. The Kier molecular flexibility index (Phi) is 6.06. The largest absolute Gasteiger partial charge is 0.494 e. The van der Waals surface area contributed by atoms with Crippen LogP contribution in [0.4, 0.5) is 0 Å². The number of aromatic nitrogens is 2. The highest BCUT2D eigenvalue weighted by atomic mass is 16.5. The first-order chi connectivity index (χ1) is 12.3. The molecule has 6 heteroatoms. The highest BCUT2D eigenvalue weighted by molar-refractivity contribution is 5.99. The van der Waals surface area contributed by atoms with Crippen LogP contribution in [0.25, 0.3) is 11.3 Å². The number of unbranched alkanes of at least 4 members (excludes halogenated alkanes) is 1. The number of carbonyl (C=O) groups is 1. The van der Waals surface area contributed by atoms with Gasteiger partial charge in [-0.25, -0.2) is 0 Å². The number of amides is 1. The Labute approximate surface area is 147 Å². The standard InChI is InChI=1S/C19H25N3O3/c1-2-3-10-24-15-8-6-14(7-9-15)18-17(13-21-22-18)19(23)20-12-16-5-4-11-25-16/h6-9,13,16H,2-5,10-12H2,1H3,(H,20,23)(H,21,22)/t16-/m1/s1. The van der Waals surface area contributed by atoms with E-state index in [0.29, 0.717) is 17.8 Å². The van der Waals surface area contributed by atoms with E-state index in [4.69, 9.17) is 9.47 Å². The molecule has 1 atom stereocenters.